The van der Waals surface area contributed by atoms with Crippen LogP contribution in [0.3, 0.4) is 0 Å². The van der Waals surface area contributed by atoms with Crippen LogP contribution in [-0.2, 0) is 4.79 Å². The van der Waals surface area contributed by atoms with Crippen molar-refractivity contribution in [2.45, 2.75) is 34.1 Å². The summed E-state index contributed by atoms with van der Waals surface area (Å²) in [6, 6.07) is 1.70. The van der Waals surface area contributed by atoms with Gasteiger partial charge in [0, 0.05) is 18.3 Å². The quantitative estimate of drug-likeness (QED) is 0.857. The predicted octanol–water partition coefficient (Wildman–Crippen LogP) is 1.74. The molecule has 0 saturated heterocycles. The van der Waals surface area contributed by atoms with Crippen LogP contribution in [0.1, 0.15) is 32.9 Å². The number of nitrogens with zero attached hydrogens (tertiary/aromatic N) is 2. The van der Waals surface area contributed by atoms with Crippen molar-refractivity contribution in [3.05, 3.63) is 11.8 Å². The summed E-state index contributed by atoms with van der Waals surface area (Å²) >= 11 is 0. The lowest BCUT2D eigenvalue weighted by atomic mass is 9.84. The maximum atomic E-state index is 12.2. The average molecular weight is 280 g/mol. The maximum Gasteiger partial charge on any atom is 0.232 e. The molecule has 112 valence electrons. The molecule has 6 nitrogen and oxygen atoms in total. The fourth-order valence-corrected chi connectivity index (χ4v) is 1.93. The Balaban J connectivity index is 2.80. The molecule has 0 bridgehead atoms. The van der Waals surface area contributed by atoms with Crippen molar-refractivity contribution in [2.75, 3.05) is 19.0 Å². The van der Waals surface area contributed by atoms with Crippen LogP contribution in [0.25, 0.3) is 0 Å². The lowest BCUT2D eigenvalue weighted by Gasteiger charge is -2.24. The van der Waals surface area contributed by atoms with Gasteiger partial charge in [-0.25, -0.2) is 4.98 Å². The molecule has 1 aromatic heterocycles. The summed E-state index contributed by atoms with van der Waals surface area (Å²) in [5.41, 5.74) is 6.46. The van der Waals surface area contributed by atoms with Crippen LogP contribution in [0, 0.1) is 18.3 Å². The summed E-state index contributed by atoms with van der Waals surface area (Å²) in [5, 5.41) is 2.71. The minimum atomic E-state index is -0.259. The zero-order chi connectivity index (χ0) is 15.3. The monoisotopic (exact) mass is 280 g/mol. The summed E-state index contributed by atoms with van der Waals surface area (Å²) in [7, 11) is 1.52. The van der Waals surface area contributed by atoms with E-state index in [1.54, 1.807) is 6.07 Å². The topological polar surface area (TPSA) is 90.1 Å². The number of hydrogen-bond acceptors (Lipinski definition) is 5. The number of methoxy groups -OCH3 is 1. The van der Waals surface area contributed by atoms with E-state index in [-0.39, 0.29) is 23.2 Å². The first-order chi connectivity index (χ1) is 9.25. The first-order valence-corrected chi connectivity index (χ1v) is 6.66. The van der Waals surface area contributed by atoms with Gasteiger partial charge in [0.05, 0.1) is 13.0 Å². The van der Waals surface area contributed by atoms with E-state index in [1.165, 1.54) is 7.11 Å². The zero-order valence-electron chi connectivity index (χ0n) is 12.9. The Morgan fingerprint density at radius 3 is 2.60 bits per heavy atom. The standard InChI is InChI=1S/C14H24N4O2/c1-9-6-11(20-5)17-13(16-9)18-12(19)10(8-15)7-14(2,3)4/h6,10H,7-8,15H2,1-5H3,(H,16,17,18,19). The van der Waals surface area contributed by atoms with E-state index in [9.17, 15) is 4.79 Å². The van der Waals surface area contributed by atoms with Gasteiger partial charge in [0.2, 0.25) is 17.7 Å². The van der Waals surface area contributed by atoms with Crippen molar-refractivity contribution in [3.63, 3.8) is 0 Å². The number of hydrogen-bond donors (Lipinski definition) is 2. The van der Waals surface area contributed by atoms with E-state index in [4.69, 9.17) is 10.5 Å². The SMILES string of the molecule is COc1cc(C)nc(NC(=O)C(CN)CC(C)(C)C)n1. The van der Waals surface area contributed by atoms with Crippen LogP contribution in [0.2, 0.25) is 0 Å². The van der Waals surface area contributed by atoms with E-state index < -0.39 is 0 Å². The summed E-state index contributed by atoms with van der Waals surface area (Å²) in [6.07, 6.45) is 0.707. The molecule has 1 amide bonds. The summed E-state index contributed by atoms with van der Waals surface area (Å²) < 4.78 is 5.06. The molecule has 1 heterocycles. The Morgan fingerprint density at radius 2 is 2.10 bits per heavy atom. The molecule has 0 spiro atoms. The van der Waals surface area contributed by atoms with Crippen molar-refractivity contribution in [3.8, 4) is 5.88 Å². The lowest BCUT2D eigenvalue weighted by molar-refractivity contribution is -0.120. The van der Waals surface area contributed by atoms with Gasteiger partial charge in [-0.1, -0.05) is 20.8 Å². The van der Waals surface area contributed by atoms with Gasteiger partial charge >= 0.3 is 0 Å². The summed E-state index contributed by atoms with van der Waals surface area (Å²) in [4.78, 5) is 20.5. The van der Waals surface area contributed by atoms with Crippen molar-refractivity contribution in [1.29, 1.82) is 0 Å². The first-order valence-electron chi connectivity index (χ1n) is 6.66. The summed E-state index contributed by atoms with van der Waals surface area (Å²) in [6.45, 7) is 8.35. The van der Waals surface area contributed by atoms with E-state index in [2.05, 4.69) is 36.1 Å². The van der Waals surface area contributed by atoms with Gasteiger partial charge in [0.15, 0.2) is 0 Å². The minimum Gasteiger partial charge on any atom is -0.481 e. The number of carbonyl (C=O) groups excluding carboxylic acids is 1. The molecule has 0 fully saturated rings. The molecule has 0 aromatic carbocycles. The van der Waals surface area contributed by atoms with Gasteiger partial charge in [-0.3, -0.25) is 10.1 Å². The Hall–Kier alpha value is -1.69. The number of aromatic nitrogens is 2. The normalized spacial score (nSPS) is 12.9. The maximum absolute atomic E-state index is 12.2. The van der Waals surface area contributed by atoms with Crippen molar-refractivity contribution in [2.24, 2.45) is 17.1 Å². The highest BCUT2D eigenvalue weighted by molar-refractivity contribution is 5.91. The van der Waals surface area contributed by atoms with Crippen molar-refractivity contribution >= 4 is 11.9 Å². The average Bonchev–Trinajstić information content (AvgIpc) is 2.33. The van der Waals surface area contributed by atoms with Crippen LogP contribution in [0.4, 0.5) is 5.95 Å². The van der Waals surface area contributed by atoms with Gasteiger partial charge in [0.25, 0.3) is 0 Å². The lowest BCUT2D eigenvalue weighted by Crippen LogP contribution is -2.33. The van der Waals surface area contributed by atoms with E-state index in [1.807, 2.05) is 6.92 Å². The molecule has 1 rings (SSSR count). The third-order valence-corrected chi connectivity index (χ3v) is 2.79. The van der Waals surface area contributed by atoms with Crippen LogP contribution in [0.5, 0.6) is 5.88 Å². The highest BCUT2D eigenvalue weighted by atomic mass is 16.5. The molecular weight excluding hydrogens is 256 g/mol. The molecule has 3 N–H and O–H groups in total. The van der Waals surface area contributed by atoms with E-state index in [0.717, 1.165) is 5.69 Å². The minimum absolute atomic E-state index is 0.0343. The Kier molecular flexibility index (Phi) is 5.44. The second-order valence-corrected chi connectivity index (χ2v) is 6.06. The Bertz CT molecular complexity index is 469. The predicted molar refractivity (Wildman–Crippen MR) is 78.6 cm³/mol. The van der Waals surface area contributed by atoms with Gasteiger partial charge in [-0.15, -0.1) is 0 Å². The Labute approximate surface area is 120 Å². The molecule has 0 aliphatic carbocycles. The molecule has 0 aliphatic heterocycles. The molecule has 1 atom stereocenters. The molecule has 0 saturated carbocycles. The highest BCUT2D eigenvalue weighted by Crippen LogP contribution is 2.24. The second-order valence-electron chi connectivity index (χ2n) is 6.06. The van der Waals surface area contributed by atoms with Crippen LogP contribution < -0.4 is 15.8 Å². The van der Waals surface area contributed by atoms with Crippen LogP contribution >= 0.6 is 0 Å². The molecule has 20 heavy (non-hydrogen) atoms. The fourth-order valence-electron chi connectivity index (χ4n) is 1.93. The van der Waals surface area contributed by atoms with Gasteiger partial charge < -0.3 is 10.5 Å². The third-order valence-electron chi connectivity index (χ3n) is 2.79. The zero-order valence-corrected chi connectivity index (χ0v) is 12.9. The van der Waals surface area contributed by atoms with Gasteiger partial charge in [-0.05, 0) is 18.8 Å². The molecule has 0 radical (unpaired) electrons. The van der Waals surface area contributed by atoms with E-state index in [0.29, 0.717) is 18.8 Å². The molecule has 0 aliphatic rings. The highest BCUT2D eigenvalue weighted by Gasteiger charge is 2.24. The first kappa shape index (κ1) is 16.4. The summed E-state index contributed by atoms with van der Waals surface area (Å²) in [5.74, 6) is 0.257. The number of rotatable bonds is 5. The van der Waals surface area contributed by atoms with Crippen LogP contribution in [-0.4, -0.2) is 29.5 Å². The number of nitrogens with two attached hydrogens (primary N) is 1. The van der Waals surface area contributed by atoms with Crippen LogP contribution in [0.15, 0.2) is 6.07 Å². The number of ether oxygens (including phenoxy) is 1. The molecular formula is C14H24N4O2. The smallest absolute Gasteiger partial charge is 0.232 e. The largest absolute Gasteiger partial charge is 0.481 e. The molecule has 1 aromatic rings. The number of amides is 1. The fraction of sp³-hybridized carbons (Fsp3) is 0.643. The number of aryl methyl sites for hydroxylation is 1. The van der Waals surface area contributed by atoms with Gasteiger partial charge in [0.1, 0.15) is 0 Å². The van der Waals surface area contributed by atoms with Crippen molar-refractivity contribution < 1.29 is 9.53 Å². The molecule has 1 unspecified atom stereocenters. The Morgan fingerprint density at radius 1 is 1.45 bits per heavy atom. The third kappa shape index (κ3) is 5.13. The molecule has 6 heteroatoms. The van der Waals surface area contributed by atoms with E-state index >= 15 is 0 Å². The number of nitrogens with one attached hydrogen (secondary N) is 1. The second kappa shape index (κ2) is 6.65. The van der Waals surface area contributed by atoms with Gasteiger partial charge in [-0.2, -0.15) is 4.98 Å². The number of anilines is 1. The number of carbonyl (C=O) groups is 1. The van der Waals surface area contributed by atoms with Crippen molar-refractivity contribution in [1.82, 2.24) is 9.97 Å².